The van der Waals surface area contributed by atoms with Gasteiger partial charge in [0.2, 0.25) is 5.91 Å². The molecule has 3 amide bonds. The maximum absolute atomic E-state index is 12.2. The van der Waals surface area contributed by atoms with Crippen LogP contribution in [0, 0.1) is 0 Å². The van der Waals surface area contributed by atoms with Crippen LogP contribution in [0.1, 0.15) is 40.0 Å². The van der Waals surface area contributed by atoms with Gasteiger partial charge in [0.05, 0.1) is 11.1 Å². The van der Waals surface area contributed by atoms with Gasteiger partial charge in [0.1, 0.15) is 0 Å². The summed E-state index contributed by atoms with van der Waals surface area (Å²) in [5.41, 5.74) is 6.79. The minimum Gasteiger partial charge on any atom is -0.399 e. The fourth-order valence-electron chi connectivity index (χ4n) is 2.84. The molecule has 0 saturated carbocycles. The predicted octanol–water partition coefficient (Wildman–Crippen LogP) is 0.877. The molecule has 0 bridgehead atoms. The third-order valence-electron chi connectivity index (χ3n) is 4.00. The van der Waals surface area contributed by atoms with Crippen LogP contribution in [0.5, 0.6) is 0 Å². The van der Waals surface area contributed by atoms with Crippen LogP contribution in [-0.2, 0) is 4.79 Å². The lowest BCUT2D eigenvalue weighted by Gasteiger charge is -2.18. The molecule has 6 heteroatoms. The quantitative estimate of drug-likeness (QED) is 0.660. The maximum Gasteiger partial charge on any atom is 0.261 e. The summed E-state index contributed by atoms with van der Waals surface area (Å²) in [5.74, 6) is -0.704. The highest BCUT2D eigenvalue weighted by Crippen LogP contribution is 2.25. The molecule has 1 saturated heterocycles. The molecule has 0 unspecified atom stereocenters. The van der Waals surface area contributed by atoms with Crippen molar-refractivity contribution in [1.29, 1.82) is 0 Å². The molecule has 2 N–H and O–H groups in total. The van der Waals surface area contributed by atoms with Crippen molar-refractivity contribution in [2.45, 2.75) is 19.3 Å². The van der Waals surface area contributed by atoms with Gasteiger partial charge in [0, 0.05) is 31.7 Å². The highest BCUT2D eigenvalue weighted by Gasteiger charge is 2.35. The number of hydrogen-bond acceptors (Lipinski definition) is 4. The summed E-state index contributed by atoms with van der Waals surface area (Å²) in [5, 5.41) is 0. The summed E-state index contributed by atoms with van der Waals surface area (Å²) < 4.78 is 0. The number of nitrogen functional groups attached to an aromatic ring is 1. The summed E-state index contributed by atoms with van der Waals surface area (Å²) in [6.45, 7) is 1.68. The number of anilines is 1. The third kappa shape index (κ3) is 2.37. The molecule has 0 aromatic heterocycles. The first-order valence-electron chi connectivity index (χ1n) is 7.11. The van der Waals surface area contributed by atoms with Gasteiger partial charge in [-0.2, -0.15) is 0 Å². The number of nitrogens with two attached hydrogens (primary N) is 1. The minimum atomic E-state index is -0.364. The summed E-state index contributed by atoms with van der Waals surface area (Å²) in [4.78, 5) is 39.3. The number of rotatable bonds is 3. The topological polar surface area (TPSA) is 83.7 Å². The zero-order valence-electron chi connectivity index (χ0n) is 11.7. The second-order valence-electron chi connectivity index (χ2n) is 5.40. The van der Waals surface area contributed by atoms with Crippen LogP contribution in [0.15, 0.2) is 18.2 Å². The smallest absolute Gasteiger partial charge is 0.261 e. The fourth-order valence-corrected chi connectivity index (χ4v) is 2.84. The number of fused-ring (bicyclic) bond motifs is 1. The van der Waals surface area contributed by atoms with E-state index in [1.807, 2.05) is 0 Å². The summed E-state index contributed by atoms with van der Waals surface area (Å²) >= 11 is 0. The summed E-state index contributed by atoms with van der Waals surface area (Å²) in [6, 6.07) is 4.67. The Morgan fingerprint density at radius 2 is 1.76 bits per heavy atom. The first-order chi connectivity index (χ1) is 10.1. The van der Waals surface area contributed by atoms with E-state index in [4.69, 9.17) is 5.73 Å². The lowest BCUT2D eigenvalue weighted by molar-refractivity contribution is -0.130. The van der Waals surface area contributed by atoms with Gasteiger partial charge in [0.15, 0.2) is 0 Å². The largest absolute Gasteiger partial charge is 0.399 e. The number of likely N-dealkylation sites (tertiary alicyclic amines) is 1. The molecule has 2 aliphatic heterocycles. The van der Waals surface area contributed by atoms with Gasteiger partial charge in [0.25, 0.3) is 11.8 Å². The van der Waals surface area contributed by atoms with E-state index in [1.54, 1.807) is 17.0 Å². The van der Waals surface area contributed by atoms with Gasteiger partial charge in [-0.15, -0.1) is 0 Å². The van der Waals surface area contributed by atoms with Crippen LogP contribution < -0.4 is 5.73 Å². The van der Waals surface area contributed by atoms with Crippen LogP contribution in [0.4, 0.5) is 5.69 Å². The Morgan fingerprint density at radius 3 is 2.48 bits per heavy atom. The molecule has 1 fully saturated rings. The van der Waals surface area contributed by atoms with Crippen molar-refractivity contribution in [3.05, 3.63) is 29.3 Å². The highest BCUT2D eigenvalue weighted by molar-refractivity contribution is 6.21. The second-order valence-corrected chi connectivity index (χ2v) is 5.40. The molecule has 21 heavy (non-hydrogen) atoms. The third-order valence-corrected chi connectivity index (χ3v) is 4.00. The van der Waals surface area contributed by atoms with Crippen LogP contribution in [-0.4, -0.2) is 47.2 Å². The van der Waals surface area contributed by atoms with Crippen molar-refractivity contribution in [2.75, 3.05) is 25.4 Å². The van der Waals surface area contributed by atoms with E-state index in [1.165, 1.54) is 6.07 Å². The number of amides is 3. The average Bonchev–Trinajstić information content (AvgIpc) is 3.07. The molecule has 0 radical (unpaired) electrons. The molecule has 6 nitrogen and oxygen atoms in total. The molecule has 0 aliphatic carbocycles. The SMILES string of the molecule is Nc1ccc2c(c1)C(=O)N(CCC(=O)N1CCCC1)C2=O. The molecule has 2 aliphatic rings. The summed E-state index contributed by atoms with van der Waals surface area (Å²) in [7, 11) is 0. The average molecular weight is 287 g/mol. The Labute approximate surface area is 122 Å². The number of hydrogen-bond donors (Lipinski definition) is 1. The van der Waals surface area contributed by atoms with E-state index in [9.17, 15) is 14.4 Å². The summed E-state index contributed by atoms with van der Waals surface area (Å²) in [6.07, 6.45) is 2.23. The highest BCUT2D eigenvalue weighted by atomic mass is 16.2. The Hall–Kier alpha value is -2.37. The number of nitrogens with zero attached hydrogens (tertiary/aromatic N) is 2. The molecule has 0 atom stereocenters. The molecular formula is C15H17N3O3. The Kier molecular flexibility index (Phi) is 3.37. The zero-order chi connectivity index (χ0) is 15.0. The minimum absolute atomic E-state index is 0.00331. The lowest BCUT2D eigenvalue weighted by atomic mass is 10.1. The van der Waals surface area contributed by atoms with Gasteiger partial charge >= 0.3 is 0 Å². The van der Waals surface area contributed by atoms with Crippen molar-refractivity contribution in [2.24, 2.45) is 0 Å². The van der Waals surface area contributed by atoms with Crippen molar-refractivity contribution in [1.82, 2.24) is 9.80 Å². The van der Waals surface area contributed by atoms with Crippen molar-refractivity contribution in [3.63, 3.8) is 0 Å². The van der Waals surface area contributed by atoms with Gasteiger partial charge in [-0.1, -0.05) is 0 Å². The van der Waals surface area contributed by atoms with Crippen LogP contribution in [0.25, 0.3) is 0 Å². The van der Waals surface area contributed by atoms with Crippen molar-refractivity contribution < 1.29 is 14.4 Å². The lowest BCUT2D eigenvalue weighted by Crippen LogP contribution is -2.35. The van der Waals surface area contributed by atoms with Crippen molar-refractivity contribution in [3.8, 4) is 0 Å². The standard InChI is InChI=1S/C15H17N3O3/c16-10-3-4-11-12(9-10)15(21)18(14(11)20)8-5-13(19)17-6-1-2-7-17/h3-4,9H,1-2,5-8,16H2. The zero-order valence-corrected chi connectivity index (χ0v) is 11.7. The van der Waals surface area contributed by atoms with Crippen LogP contribution in [0.2, 0.25) is 0 Å². The Morgan fingerprint density at radius 1 is 1.10 bits per heavy atom. The van der Waals surface area contributed by atoms with Crippen molar-refractivity contribution >= 4 is 23.4 Å². The maximum atomic E-state index is 12.2. The second kappa shape index (κ2) is 5.20. The van der Waals surface area contributed by atoms with E-state index in [-0.39, 0.29) is 30.7 Å². The molecule has 3 rings (SSSR count). The first kappa shape index (κ1) is 13.6. The van der Waals surface area contributed by atoms with E-state index in [0.717, 1.165) is 30.8 Å². The molecule has 2 heterocycles. The first-order valence-corrected chi connectivity index (χ1v) is 7.11. The fraction of sp³-hybridized carbons (Fsp3) is 0.400. The predicted molar refractivity (Wildman–Crippen MR) is 76.7 cm³/mol. The normalized spacial score (nSPS) is 17.5. The number of carbonyl (C=O) groups excluding carboxylic acids is 3. The number of imide groups is 1. The van der Waals surface area contributed by atoms with Crippen LogP contribution in [0.3, 0.4) is 0 Å². The van der Waals surface area contributed by atoms with E-state index in [2.05, 4.69) is 0 Å². The molecular weight excluding hydrogens is 270 g/mol. The molecule has 0 spiro atoms. The van der Waals surface area contributed by atoms with Gasteiger partial charge < -0.3 is 10.6 Å². The van der Waals surface area contributed by atoms with Gasteiger partial charge in [-0.3, -0.25) is 19.3 Å². The van der Waals surface area contributed by atoms with Gasteiger partial charge in [-0.25, -0.2) is 0 Å². The molecule has 110 valence electrons. The Bertz CT molecular complexity index is 621. The van der Waals surface area contributed by atoms with Crippen LogP contribution >= 0.6 is 0 Å². The van der Waals surface area contributed by atoms with E-state index < -0.39 is 0 Å². The molecule has 1 aromatic carbocycles. The van der Waals surface area contributed by atoms with E-state index in [0.29, 0.717) is 16.8 Å². The van der Waals surface area contributed by atoms with Gasteiger partial charge in [-0.05, 0) is 31.0 Å². The van der Waals surface area contributed by atoms with E-state index >= 15 is 0 Å². The monoisotopic (exact) mass is 287 g/mol. The number of benzene rings is 1. The Balaban J connectivity index is 1.69. The number of carbonyl (C=O) groups is 3. The molecule has 1 aromatic rings.